The molecule has 0 saturated heterocycles. The van der Waals surface area contributed by atoms with Crippen LogP contribution in [0.4, 0.5) is 5.69 Å². The predicted molar refractivity (Wildman–Crippen MR) is 113 cm³/mol. The predicted octanol–water partition coefficient (Wildman–Crippen LogP) is 5.04. The molecule has 150 valence electrons. The van der Waals surface area contributed by atoms with Crippen molar-refractivity contribution in [3.05, 3.63) is 28.6 Å². The molecule has 1 aromatic heterocycles. The molecule has 1 atom stereocenters. The number of unbranched alkanes of at least 4 members (excludes halogenated alkanes) is 4. The van der Waals surface area contributed by atoms with Gasteiger partial charge in [0.2, 0.25) is 5.75 Å². The minimum Gasteiger partial charge on any atom is -0.489 e. The Morgan fingerprint density at radius 3 is 2.52 bits per heavy atom. The lowest BCUT2D eigenvalue weighted by Crippen LogP contribution is -2.24. The number of nitrogen functional groups attached to an aromatic ring is 1. The minimum absolute atomic E-state index is 0.0358. The van der Waals surface area contributed by atoms with Gasteiger partial charge in [0.05, 0.1) is 18.2 Å². The van der Waals surface area contributed by atoms with Crippen LogP contribution in [0.1, 0.15) is 65.7 Å². The van der Waals surface area contributed by atoms with Crippen molar-refractivity contribution in [2.24, 2.45) is 7.05 Å². The minimum atomic E-state index is -0.181. The summed E-state index contributed by atoms with van der Waals surface area (Å²) in [7, 11) is 1.75. The summed E-state index contributed by atoms with van der Waals surface area (Å²) < 4.78 is 13.8. The van der Waals surface area contributed by atoms with Crippen LogP contribution in [0.3, 0.4) is 0 Å². The topological polar surface area (TPSA) is 66.5 Å². The lowest BCUT2D eigenvalue weighted by atomic mass is 10.1. The maximum absolute atomic E-state index is 13.0. The average Bonchev–Trinajstić information content (AvgIpc) is 2.66. The van der Waals surface area contributed by atoms with Gasteiger partial charge in [0.25, 0.3) is 5.56 Å². The number of aryl methyl sites for hydroxylation is 1. The van der Waals surface area contributed by atoms with E-state index in [2.05, 4.69) is 13.8 Å². The van der Waals surface area contributed by atoms with Crippen LogP contribution >= 0.6 is 0 Å². The van der Waals surface area contributed by atoms with Gasteiger partial charge in [-0.15, -0.1) is 0 Å². The molecule has 1 heterocycles. The fourth-order valence-electron chi connectivity index (χ4n) is 3.20. The van der Waals surface area contributed by atoms with Gasteiger partial charge in [-0.1, -0.05) is 46.0 Å². The summed E-state index contributed by atoms with van der Waals surface area (Å²) >= 11 is 0. The monoisotopic (exact) mass is 374 g/mol. The van der Waals surface area contributed by atoms with Gasteiger partial charge in [0.1, 0.15) is 0 Å². The van der Waals surface area contributed by atoms with Crippen molar-refractivity contribution in [2.75, 3.05) is 12.3 Å². The summed E-state index contributed by atoms with van der Waals surface area (Å²) in [4.78, 5) is 13.0. The third-order valence-corrected chi connectivity index (χ3v) is 4.86. The van der Waals surface area contributed by atoms with Crippen molar-refractivity contribution in [1.29, 1.82) is 0 Å². The smallest absolute Gasteiger partial charge is 0.297 e. The molecule has 0 fully saturated rings. The molecule has 0 bridgehead atoms. The molecule has 5 heteroatoms. The second kappa shape index (κ2) is 10.2. The van der Waals surface area contributed by atoms with Crippen molar-refractivity contribution >= 4 is 16.6 Å². The molecule has 1 unspecified atom stereocenters. The number of pyridine rings is 1. The summed E-state index contributed by atoms with van der Waals surface area (Å²) in [6.45, 7) is 6.92. The Labute approximate surface area is 162 Å². The van der Waals surface area contributed by atoms with Gasteiger partial charge in [-0.2, -0.15) is 0 Å². The van der Waals surface area contributed by atoms with Crippen LogP contribution in [0, 0.1) is 0 Å². The van der Waals surface area contributed by atoms with E-state index in [1.807, 2.05) is 25.1 Å². The van der Waals surface area contributed by atoms with Crippen LogP contribution in [-0.4, -0.2) is 17.3 Å². The maximum atomic E-state index is 13.0. The van der Waals surface area contributed by atoms with Crippen molar-refractivity contribution in [3.8, 4) is 11.5 Å². The zero-order chi connectivity index (χ0) is 19.8. The highest BCUT2D eigenvalue weighted by molar-refractivity contribution is 5.90. The average molecular weight is 375 g/mol. The number of ether oxygens (including phenoxy) is 2. The first-order valence-electron chi connectivity index (χ1n) is 10.2. The molecular formula is C22H34N2O3. The van der Waals surface area contributed by atoms with Crippen molar-refractivity contribution in [1.82, 2.24) is 4.57 Å². The van der Waals surface area contributed by atoms with Gasteiger partial charge >= 0.3 is 0 Å². The molecule has 2 N–H and O–H groups in total. The van der Waals surface area contributed by atoms with Crippen LogP contribution < -0.4 is 20.8 Å². The van der Waals surface area contributed by atoms with E-state index in [-0.39, 0.29) is 11.7 Å². The summed E-state index contributed by atoms with van der Waals surface area (Å²) in [6, 6.07) is 5.56. The normalized spacial score (nSPS) is 12.3. The number of anilines is 1. The largest absolute Gasteiger partial charge is 0.489 e. The zero-order valence-corrected chi connectivity index (χ0v) is 17.2. The number of nitrogens with zero attached hydrogens (tertiary/aromatic N) is 1. The quantitative estimate of drug-likeness (QED) is 0.442. The van der Waals surface area contributed by atoms with Crippen molar-refractivity contribution in [3.63, 3.8) is 0 Å². The van der Waals surface area contributed by atoms with E-state index in [1.165, 1.54) is 12.8 Å². The molecule has 0 aliphatic rings. The number of hydrogen-bond acceptors (Lipinski definition) is 4. The Morgan fingerprint density at radius 2 is 1.81 bits per heavy atom. The fourth-order valence-corrected chi connectivity index (χ4v) is 3.20. The molecule has 0 aliphatic heterocycles. The summed E-state index contributed by atoms with van der Waals surface area (Å²) in [5, 5.41) is 0.861. The Hall–Kier alpha value is -2.17. The highest BCUT2D eigenvalue weighted by Gasteiger charge is 2.20. The molecular weight excluding hydrogens is 340 g/mol. The maximum Gasteiger partial charge on any atom is 0.297 e. The number of fused-ring (bicyclic) bond motifs is 1. The second-order valence-electron chi connectivity index (χ2n) is 7.28. The van der Waals surface area contributed by atoms with E-state index >= 15 is 0 Å². The number of benzene rings is 1. The van der Waals surface area contributed by atoms with E-state index in [0.717, 1.165) is 43.0 Å². The lowest BCUT2D eigenvalue weighted by Gasteiger charge is -2.20. The number of aromatic nitrogens is 1. The third-order valence-electron chi connectivity index (χ3n) is 4.86. The molecule has 0 saturated carbocycles. The molecule has 0 amide bonds. The highest BCUT2D eigenvalue weighted by Crippen LogP contribution is 2.34. The van der Waals surface area contributed by atoms with E-state index in [1.54, 1.807) is 11.6 Å². The van der Waals surface area contributed by atoms with Crippen LogP contribution in [-0.2, 0) is 7.05 Å². The van der Waals surface area contributed by atoms with Crippen LogP contribution in [0.2, 0.25) is 0 Å². The Morgan fingerprint density at radius 1 is 1.07 bits per heavy atom. The molecule has 1 aromatic carbocycles. The van der Waals surface area contributed by atoms with Gasteiger partial charge in [-0.05, 0) is 38.0 Å². The third kappa shape index (κ3) is 5.41. The molecule has 2 rings (SSSR count). The van der Waals surface area contributed by atoms with Crippen molar-refractivity contribution in [2.45, 2.75) is 71.8 Å². The first-order chi connectivity index (χ1) is 13.0. The van der Waals surface area contributed by atoms with Crippen LogP contribution in [0.15, 0.2) is 23.0 Å². The molecule has 0 spiro atoms. The summed E-state index contributed by atoms with van der Waals surface area (Å²) in [5.74, 6) is 0.863. The highest BCUT2D eigenvalue weighted by atomic mass is 16.5. The van der Waals surface area contributed by atoms with E-state index in [0.29, 0.717) is 23.8 Å². The molecule has 27 heavy (non-hydrogen) atoms. The Balaban J connectivity index is 2.40. The SMILES string of the molecule is CCCCCCOc1c(OC(C)CCCC)c(=O)n(C)c2cc(N)ccc12. The Bertz CT molecular complexity index is 798. The van der Waals surface area contributed by atoms with Gasteiger partial charge < -0.3 is 19.8 Å². The second-order valence-corrected chi connectivity index (χ2v) is 7.28. The van der Waals surface area contributed by atoms with Crippen LogP contribution in [0.25, 0.3) is 10.9 Å². The van der Waals surface area contributed by atoms with E-state index < -0.39 is 0 Å². The molecule has 2 aromatic rings. The van der Waals surface area contributed by atoms with Gasteiger partial charge in [-0.25, -0.2) is 0 Å². The van der Waals surface area contributed by atoms with Gasteiger partial charge in [0, 0.05) is 18.1 Å². The van der Waals surface area contributed by atoms with Crippen molar-refractivity contribution < 1.29 is 9.47 Å². The van der Waals surface area contributed by atoms with Crippen LogP contribution in [0.5, 0.6) is 11.5 Å². The number of hydrogen-bond donors (Lipinski definition) is 1. The Kier molecular flexibility index (Phi) is 8.01. The summed E-state index contributed by atoms with van der Waals surface area (Å²) in [6.07, 6.45) is 7.50. The summed E-state index contributed by atoms with van der Waals surface area (Å²) in [5.41, 5.74) is 7.14. The first-order valence-corrected chi connectivity index (χ1v) is 10.2. The van der Waals surface area contributed by atoms with E-state index in [9.17, 15) is 4.79 Å². The van der Waals surface area contributed by atoms with E-state index in [4.69, 9.17) is 15.2 Å². The standard InChI is InChI=1S/C22H34N2O3/c1-5-7-9-10-14-26-20-18-13-12-17(23)15-19(18)24(4)22(25)21(20)27-16(3)11-8-6-2/h12-13,15-16H,5-11,14,23H2,1-4H3. The fraction of sp³-hybridized carbons (Fsp3) is 0.591. The first kappa shape index (κ1) is 21.1. The molecule has 5 nitrogen and oxygen atoms in total. The molecule has 0 aliphatic carbocycles. The van der Waals surface area contributed by atoms with Gasteiger partial charge in [-0.3, -0.25) is 4.79 Å². The van der Waals surface area contributed by atoms with Gasteiger partial charge in [0.15, 0.2) is 5.75 Å². The zero-order valence-electron chi connectivity index (χ0n) is 17.2. The number of rotatable bonds is 11. The lowest BCUT2D eigenvalue weighted by molar-refractivity contribution is 0.189. The molecule has 0 radical (unpaired) electrons. The number of nitrogens with two attached hydrogens (primary N) is 1.